The third-order valence-corrected chi connectivity index (χ3v) is 4.25. The average Bonchev–Trinajstić information content (AvgIpc) is 3.05. The first-order valence-corrected chi connectivity index (χ1v) is 8.62. The van der Waals surface area contributed by atoms with Crippen molar-refractivity contribution in [3.8, 4) is 17.0 Å². The summed E-state index contributed by atoms with van der Waals surface area (Å²) in [5.41, 5.74) is 0.727. The molecule has 8 nitrogen and oxygen atoms in total. The van der Waals surface area contributed by atoms with Crippen molar-refractivity contribution < 1.29 is 35.9 Å². The van der Waals surface area contributed by atoms with E-state index >= 15 is 0 Å². The SMILES string of the molecule is COc1c(-c2nn(C)c(C(=O)Nc3ccnc(C(F)(F)F)c3)c2C(F)(F)F)ccnc1N. The van der Waals surface area contributed by atoms with Gasteiger partial charge in [-0.2, -0.15) is 31.4 Å². The third-order valence-electron chi connectivity index (χ3n) is 4.25. The Labute approximate surface area is 176 Å². The number of hydrogen-bond acceptors (Lipinski definition) is 6. The molecule has 0 aliphatic heterocycles. The van der Waals surface area contributed by atoms with E-state index in [1.165, 1.54) is 13.2 Å². The number of aromatic nitrogens is 4. The fraction of sp³-hybridized carbons (Fsp3) is 0.222. The van der Waals surface area contributed by atoms with Crippen LogP contribution in [0.3, 0.4) is 0 Å². The number of halogens is 6. The van der Waals surface area contributed by atoms with Crippen LogP contribution in [0.5, 0.6) is 5.75 Å². The van der Waals surface area contributed by atoms with Gasteiger partial charge >= 0.3 is 12.4 Å². The number of rotatable bonds is 4. The van der Waals surface area contributed by atoms with Crippen LogP contribution in [0.4, 0.5) is 37.8 Å². The summed E-state index contributed by atoms with van der Waals surface area (Å²) in [6.45, 7) is 0. The fourth-order valence-corrected chi connectivity index (χ4v) is 2.96. The van der Waals surface area contributed by atoms with E-state index in [-0.39, 0.29) is 17.1 Å². The van der Waals surface area contributed by atoms with Crippen LogP contribution in [0.1, 0.15) is 21.7 Å². The monoisotopic (exact) mass is 460 g/mol. The number of alkyl halides is 6. The first-order valence-electron chi connectivity index (χ1n) is 8.62. The predicted octanol–water partition coefficient (Wildman–Crippen LogP) is 3.76. The number of carbonyl (C=O) groups excluding carboxylic acids is 1. The van der Waals surface area contributed by atoms with Gasteiger partial charge in [-0.05, 0) is 18.2 Å². The zero-order valence-electron chi connectivity index (χ0n) is 16.3. The summed E-state index contributed by atoms with van der Waals surface area (Å²) in [7, 11) is 2.25. The summed E-state index contributed by atoms with van der Waals surface area (Å²) in [4.78, 5) is 19.6. The number of hydrogen-bond donors (Lipinski definition) is 2. The molecule has 0 fully saturated rings. The zero-order chi connectivity index (χ0) is 23.8. The standard InChI is InChI=1S/C18H14F6N6O2/c1-30-13(16(31)28-8-3-5-26-10(7-8)17(19,20)21)11(18(22,23)24)12(29-30)9-4-6-27-15(25)14(9)32-2/h3-7H,1-2H3,(H2,25,27)(H,26,28,31). The smallest absolute Gasteiger partial charge is 0.433 e. The Balaban J connectivity index is 2.13. The Morgan fingerprint density at radius 2 is 1.75 bits per heavy atom. The predicted molar refractivity (Wildman–Crippen MR) is 99.6 cm³/mol. The van der Waals surface area contributed by atoms with Crippen molar-refractivity contribution in [3.05, 3.63) is 47.5 Å². The number of nitrogen functional groups attached to an aromatic ring is 1. The lowest BCUT2D eigenvalue weighted by Crippen LogP contribution is -2.21. The van der Waals surface area contributed by atoms with Crippen LogP contribution < -0.4 is 15.8 Å². The summed E-state index contributed by atoms with van der Waals surface area (Å²) in [5.74, 6) is -1.72. The molecule has 32 heavy (non-hydrogen) atoms. The molecule has 0 saturated heterocycles. The Hall–Kier alpha value is -3.84. The number of pyridine rings is 2. The molecule has 1 amide bonds. The molecular formula is C18H14F6N6O2. The molecule has 0 spiro atoms. The largest absolute Gasteiger partial charge is 0.492 e. The normalized spacial score (nSPS) is 12.0. The molecule has 0 aliphatic rings. The van der Waals surface area contributed by atoms with Crippen LogP contribution >= 0.6 is 0 Å². The molecule has 14 heteroatoms. The summed E-state index contributed by atoms with van der Waals surface area (Å²) in [5, 5.41) is 5.82. The van der Waals surface area contributed by atoms with Gasteiger partial charge in [-0.25, -0.2) is 4.98 Å². The molecule has 3 aromatic heterocycles. The zero-order valence-corrected chi connectivity index (χ0v) is 16.3. The Morgan fingerprint density at radius 1 is 1.09 bits per heavy atom. The molecule has 0 radical (unpaired) electrons. The van der Waals surface area contributed by atoms with E-state index in [0.717, 1.165) is 25.5 Å². The van der Waals surface area contributed by atoms with Crippen LogP contribution in [-0.2, 0) is 19.4 Å². The van der Waals surface area contributed by atoms with Crippen molar-refractivity contribution in [2.24, 2.45) is 7.05 Å². The number of aryl methyl sites for hydroxylation is 1. The van der Waals surface area contributed by atoms with E-state index in [2.05, 4.69) is 15.1 Å². The lowest BCUT2D eigenvalue weighted by molar-refractivity contribution is -0.141. The second kappa shape index (κ2) is 8.01. The summed E-state index contributed by atoms with van der Waals surface area (Å²) in [6, 6.07) is 2.67. The highest BCUT2D eigenvalue weighted by molar-refractivity contribution is 6.05. The van der Waals surface area contributed by atoms with E-state index in [9.17, 15) is 31.1 Å². The second-order valence-corrected chi connectivity index (χ2v) is 6.35. The number of nitrogens with two attached hydrogens (primary N) is 1. The molecule has 0 atom stereocenters. The van der Waals surface area contributed by atoms with Crippen molar-refractivity contribution >= 4 is 17.4 Å². The molecular weight excluding hydrogens is 446 g/mol. The van der Waals surface area contributed by atoms with Crippen LogP contribution in [0.25, 0.3) is 11.3 Å². The van der Waals surface area contributed by atoms with Gasteiger partial charge in [0.15, 0.2) is 11.6 Å². The van der Waals surface area contributed by atoms with Crippen LogP contribution in [0, 0.1) is 0 Å². The maximum Gasteiger partial charge on any atom is 0.433 e. The Morgan fingerprint density at radius 3 is 2.34 bits per heavy atom. The molecule has 170 valence electrons. The number of anilines is 2. The summed E-state index contributed by atoms with van der Waals surface area (Å²) < 4.78 is 86.2. The number of nitrogens with one attached hydrogen (secondary N) is 1. The maximum absolute atomic E-state index is 14.0. The van der Waals surface area contributed by atoms with Gasteiger partial charge in [-0.1, -0.05) is 0 Å². The molecule has 0 aliphatic carbocycles. The highest BCUT2D eigenvalue weighted by Gasteiger charge is 2.43. The molecule has 3 heterocycles. The third kappa shape index (κ3) is 4.29. The molecule has 3 aromatic rings. The van der Waals surface area contributed by atoms with Crippen molar-refractivity contribution in [3.63, 3.8) is 0 Å². The topological polar surface area (TPSA) is 108 Å². The van der Waals surface area contributed by atoms with Gasteiger partial charge in [0, 0.05) is 25.1 Å². The van der Waals surface area contributed by atoms with Crippen LogP contribution in [0.2, 0.25) is 0 Å². The molecule has 0 unspecified atom stereocenters. The average molecular weight is 460 g/mol. The minimum absolute atomic E-state index is 0.176. The van der Waals surface area contributed by atoms with Crippen LogP contribution in [0.15, 0.2) is 30.6 Å². The van der Waals surface area contributed by atoms with Crippen molar-refractivity contribution in [1.29, 1.82) is 0 Å². The van der Waals surface area contributed by atoms with Gasteiger partial charge in [-0.15, -0.1) is 0 Å². The Kier molecular flexibility index (Phi) is 5.72. The first-order chi connectivity index (χ1) is 14.8. The van der Waals surface area contributed by atoms with E-state index in [1.807, 2.05) is 5.32 Å². The first kappa shape index (κ1) is 22.8. The van der Waals surface area contributed by atoms with Gasteiger partial charge < -0.3 is 15.8 Å². The highest BCUT2D eigenvalue weighted by Crippen LogP contribution is 2.43. The highest BCUT2D eigenvalue weighted by atomic mass is 19.4. The number of ether oxygens (including phenoxy) is 1. The van der Waals surface area contributed by atoms with E-state index < -0.39 is 46.6 Å². The van der Waals surface area contributed by atoms with Gasteiger partial charge in [0.05, 0.1) is 12.7 Å². The summed E-state index contributed by atoms with van der Waals surface area (Å²) >= 11 is 0. The van der Waals surface area contributed by atoms with Gasteiger partial charge in [0.1, 0.15) is 22.6 Å². The van der Waals surface area contributed by atoms with Gasteiger partial charge in [0.2, 0.25) is 0 Å². The maximum atomic E-state index is 14.0. The molecule has 3 rings (SSSR count). The Bertz CT molecular complexity index is 1170. The fourth-order valence-electron chi connectivity index (χ4n) is 2.96. The molecule has 3 N–H and O–H groups in total. The minimum atomic E-state index is -5.06. The number of carbonyl (C=O) groups is 1. The van der Waals surface area contributed by atoms with E-state index in [1.54, 1.807) is 0 Å². The molecule has 0 bridgehead atoms. The summed E-state index contributed by atoms with van der Waals surface area (Å²) in [6.07, 6.45) is -7.97. The van der Waals surface area contributed by atoms with Crippen molar-refractivity contribution in [1.82, 2.24) is 19.7 Å². The van der Waals surface area contributed by atoms with E-state index in [0.29, 0.717) is 10.7 Å². The van der Waals surface area contributed by atoms with Crippen molar-refractivity contribution in [2.45, 2.75) is 12.4 Å². The lowest BCUT2D eigenvalue weighted by atomic mass is 10.0. The molecule has 0 aromatic carbocycles. The lowest BCUT2D eigenvalue weighted by Gasteiger charge is -2.13. The molecule has 0 saturated carbocycles. The number of methoxy groups -OCH3 is 1. The van der Waals surface area contributed by atoms with Gasteiger partial charge in [-0.3, -0.25) is 14.5 Å². The van der Waals surface area contributed by atoms with E-state index in [4.69, 9.17) is 10.5 Å². The minimum Gasteiger partial charge on any atom is -0.492 e. The second-order valence-electron chi connectivity index (χ2n) is 6.35. The number of amides is 1. The quantitative estimate of drug-likeness (QED) is 0.574. The van der Waals surface area contributed by atoms with Gasteiger partial charge in [0.25, 0.3) is 5.91 Å². The van der Waals surface area contributed by atoms with Crippen molar-refractivity contribution in [2.75, 3.05) is 18.2 Å². The van der Waals surface area contributed by atoms with Crippen LogP contribution in [-0.4, -0.2) is 32.8 Å². The number of nitrogens with zero attached hydrogens (tertiary/aromatic N) is 4.